The van der Waals surface area contributed by atoms with Gasteiger partial charge in [-0.3, -0.25) is 9.59 Å². The molecule has 2 heterocycles. The summed E-state index contributed by atoms with van der Waals surface area (Å²) >= 11 is 2.73. The van der Waals surface area contributed by atoms with Gasteiger partial charge in [0.1, 0.15) is 4.83 Å². The van der Waals surface area contributed by atoms with Crippen LogP contribution in [0.3, 0.4) is 0 Å². The van der Waals surface area contributed by atoms with Crippen LogP contribution in [0.5, 0.6) is 0 Å². The molecule has 5 nitrogen and oxygen atoms in total. The Kier molecular flexibility index (Phi) is 4.96. The lowest BCUT2D eigenvalue weighted by Crippen LogP contribution is -2.16. The van der Waals surface area contributed by atoms with E-state index in [0.29, 0.717) is 10.5 Å². The van der Waals surface area contributed by atoms with E-state index < -0.39 is 0 Å². The first-order valence-electron chi connectivity index (χ1n) is 7.85. The Bertz CT molecular complexity index is 1020. The van der Waals surface area contributed by atoms with Gasteiger partial charge < -0.3 is 10.3 Å². The minimum atomic E-state index is -0.149. The van der Waals surface area contributed by atoms with E-state index in [1.807, 2.05) is 45.9 Å². The maximum Gasteiger partial charge on any atom is 0.260 e. The van der Waals surface area contributed by atoms with E-state index in [9.17, 15) is 9.59 Å². The summed E-state index contributed by atoms with van der Waals surface area (Å²) in [6, 6.07) is 5.93. The van der Waals surface area contributed by atoms with Gasteiger partial charge in [0.2, 0.25) is 5.91 Å². The zero-order valence-electron chi connectivity index (χ0n) is 14.5. The van der Waals surface area contributed by atoms with Gasteiger partial charge in [-0.25, -0.2) is 4.98 Å². The molecule has 3 rings (SSSR count). The topological polar surface area (TPSA) is 74.8 Å². The third-order valence-electron chi connectivity index (χ3n) is 4.02. The number of carbonyl (C=O) groups is 1. The van der Waals surface area contributed by atoms with Crippen molar-refractivity contribution in [3.63, 3.8) is 0 Å². The van der Waals surface area contributed by atoms with Crippen molar-refractivity contribution in [1.29, 1.82) is 0 Å². The number of amides is 1. The van der Waals surface area contributed by atoms with Gasteiger partial charge >= 0.3 is 0 Å². The molecule has 1 aromatic carbocycles. The number of carbonyl (C=O) groups excluding carboxylic acids is 1. The highest BCUT2D eigenvalue weighted by atomic mass is 32.2. The molecule has 0 fully saturated rings. The number of hydrogen-bond donors (Lipinski definition) is 2. The highest BCUT2D eigenvalue weighted by molar-refractivity contribution is 7.99. The summed E-state index contributed by atoms with van der Waals surface area (Å²) < 4.78 is 0. The fourth-order valence-corrected chi connectivity index (χ4v) is 4.24. The lowest BCUT2D eigenvalue weighted by Gasteiger charge is -2.09. The standard InChI is InChI=1S/C18H19N3O2S2/c1-9-5-6-10(2)13(7-9)19-14(22)8-24-18-20-16(23)15-11(3)12(4)25-17(15)21-18/h5-7H,8H2,1-4H3,(H,19,22)(H,20,21,23). The highest BCUT2D eigenvalue weighted by Gasteiger charge is 2.13. The molecule has 130 valence electrons. The highest BCUT2D eigenvalue weighted by Crippen LogP contribution is 2.27. The second-order valence-corrected chi connectivity index (χ2v) is 8.16. The minimum Gasteiger partial charge on any atom is -0.325 e. The summed E-state index contributed by atoms with van der Waals surface area (Å²) in [4.78, 5) is 33.5. The van der Waals surface area contributed by atoms with Crippen molar-refractivity contribution in [2.75, 3.05) is 11.1 Å². The van der Waals surface area contributed by atoms with E-state index in [2.05, 4.69) is 15.3 Å². The number of aromatic amines is 1. The zero-order valence-corrected chi connectivity index (χ0v) is 16.2. The summed E-state index contributed by atoms with van der Waals surface area (Å²) in [6.45, 7) is 7.84. The molecule has 0 aliphatic carbocycles. The van der Waals surface area contributed by atoms with Crippen molar-refractivity contribution >= 4 is 44.9 Å². The molecule has 0 bridgehead atoms. The Morgan fingerprint density at radius 2 is 2.04 bits per heavy atom. The second-order valence-electron chi connectivity index (χ2n) is 5.99. The van der Waals surface area contributed by atoms with Crippen LogP contribution in [-0.4, -0.2) is 21.6 Å². The first-order chi connectivity index (χ1) is 11.8. The molecular weight excluding hydrogens is 354 g/mol. The number of H-pyrrole nitrogens is 1. The molecule has 0 unspecified atom stereocenters. The molecular formula is C18H19N3O2S2. The average molecular weight is 374 g/mol. The van der Waals surface area contributed by atoms with Crippen molar-refractivity contribution in [2.45, 2.75) is 32.9 Å². The number of aromatic nitrogens is 2. The van der Waals surface area contributed by atoms with Crippen LogP contribution < -0.4 is 10.9 Å². The summed E-state index contributed by atoms with van der Waals surface area (Å²) in [7, 11) is 0. The Labute approximate surface area is 153 Å². The first kappa shape index (κ1) is 17.7. The molecule has 0 atom stereocenters. The van der Waals surface area contributed by atoms with E-state index in [-0.39, 0.29) is 17.2 Å². The van der Waals surface area contributed by atoms with Crippen molar-refractivity contribution in [3.05, 3.63) is 50.1 Å². The second kappa shape index (κ2) is 7.01. The monoisotopic (exact) mass is 373 g/mol. The summed E-state index contributed by atoms with van der Waals surface area (Å²) in [5.41, 5.74) is 3.74. The van der Waals surface area contributed by atoms with Crippen molar-refractivity contribution in [2.24, 2.45) is 0 Å². The van der Waals surface area contributed by atoms with Crippen LogP contribution in [0, 0.1) is 27.7 Å². The van der Waals surface area contributed by atoms with Crippen LogP contribution >= 0.6 is 23.1 Å². The maximum absolute atomic E-state index is 12.2. The van der Waals surface area contributed by atoms with Crippen molar-refractivity contribution < 1.29 is 4.79 Å². The predicted octanol–water partition coefficient (Wildman–Crippen LogP) is 3.95. The van der Waals surface area contributed by atoms with Gasteiger partial charge in [-0.15, -0.1) is 11.3 Å². The normalized spacial score (nSPS) is 11.0. The largest absolute Gasteiger partial charge is 0.325 e. The molecule has 0 radical (unpaired) electrons. The Morgan fingerprint density at radius 1 is 1.28 bits per heavy atom. The predicted molar refractivity (Wildman–Crippen MR) is 105 cm³/mol. The Morgan fingerprint density at radius 3 is 2.80 bits per heavy atom. The van der Waals surface area contributed by atoms with Crippen LogP contribution in [0.2, 0.25) is 0 Å². The SMILES string of the molecule is Cc1ccc(C)c(NC(=O)CSc2nc3sc(C)c(C)c3c(=O)[nH]2)c1. The van der Waals surface area contributed by atoms with Gasteiger partial charge in [0.25, 0.3) is 5.56 Å². The van der Waals surface area contributed by atoms with Crippen LogP contribution in [0.4, 0.5) is 5.69 Å². The van der Waals surface area contributed by atoms with Crippen LogP contribution in [-0.2, 0) is 4.79 Å². The lowest BCUT2D eigenvalue weighted by atomic mass is 10.1. The van der Waals surface area contributed by atoms with Gasteiger partial charge in [-0.2, -0.15) is 0 Å². The number of rotatable bonds is 4. The molecule has 0 aliphatic rings. The number of nitrogens with zero attached hydrogens (tertiary/aromatic N) is 1. The molecule has 3 aromatic rings. The number of thiophene rings is 1. The third kappa shape index (κ3) is 3.77. The maximum atomic E-state index is 12.2. The van der Waals surface area contributed by atoms with E-state index in [1.165, 1.54) is 23.1 Å². The number of fused-ring (bicyclic) bond motifs is 1. The molecule has 0 saturated carbocycles. The van der Waals surface area contributed by atoms with Gasteiger partial charge in [0, 0.05) is 10.6 Å². The molecule has 25 heavy (non-hydrogen) atoms. The number of thioether (sulfide) groups is 1. The molecule has 7 heteroatoms. The number of anilines is 1. The molecule has 1 amide bonds. The summed E-state index contributed by atoms with van der Waals surface area (Å²) in [5, 5.41) is 4.02. The summed E-state index contributed by atoms with van der Waals surface area (Å²) in [5.74, 6) is 0.0607. The fraction of sp³-hybridized carbons (Fsp3) is 0.278. The first-order valence-corrected chi connectivity index (χ1v) is 9.65. The molecule has 2 N–H and O–H groups in total. The quantitative estimate of drug-likeness (QED) is 0.536. The zero-order chi connectivity index (χ0) is 18.1. The van der Waals surface area contributed by atoms with Crippen LogP contribution in [0.1, 0.15) is 21.6 Å². The number of hydrogen-bond acceptors (Lipinski definition) is 5. The van der Waals surface area contributed by atoms with E-state index in [0.717, 1.165) is 32.1 Å². The van der Waals surface area contributed by atoms with Crippen molar-refractivity contribution in [1.82, 2.24) is 9.97 Å². The van der Waals surface area contributed by atoms with Crippen molar-refractivity contribution in [3.8, 4) is 0 Å². The van der Waals surface area contributed by atoms with E-state index in [4.69, 9.17) is 0 Å². The van der Waals surface area contributed by atoms with Crippen LogP contribution in [0.25, 0.3) is 10.2 Å². The molecule has 0 saturated heterocycles. The lowest BCUT2D eigenvalue weighted by molar-refractivity contribution is -0.113. The Balaban J connectivity index is 1.73. The number of aryl methyl sites for hydroxylation is 4. The van der Waals surface area contributed by atoms with Gasteiger partial charge in [-0.1, -0.05) is 23.9 Å². The fourth-order valence-electron chi connectivity index (χ4n) is 2.49. The van der Waals surface area contributed by atoms with E-state index in [1.54, 1.807) is 0 Å². The Hall–Kier alpha value is -2.12. The third-order valence-corrected chi connectivity index (χ3v) is 6.00. The molecule has 0 aliphatic heterocycles. The van der Waals surface area contributed by atoms with Gasteiger partial charge in [0.15, 0.2) is 5.16 Å². The average Bonchev–Trinajstić information content (AvgIpc) is 2.84. The minimum absolute atomic E-state index is 0.125. The smallest absolute Gasteiger partial charge is 0.260 e. The summed E-state index contributed by atoms with van der Waals surface area (Å²) in [6.07, 6.45) is 0. The molecule has 0 spiro atoms. The molecule has 2 aromatic heterocycles. The van der Waals surface area contributed by atoms with Gasteiger partial charge in [0.05, 0.1) is 11.1 Å². The number of benzene rings is 1. The van der Waals surface area contributed by atoms with Gasteiger partial charge in [-0.05, 0) is 50.5 Å². The van der Waals surface area contributed by atoms with E-state index >= 15 is 0 Å². The number of nitrogens with one attached hydrogen (secondary N) is 2. The van der Waals surface area contributed by atoms with Crippen LogP contribution in [0.15, 0.2) is 28.2 Å².